The van der Waals surface area contributed by atoms with Crippen LogP contribution in [0.3, 0.4) is 0 Å². The molecule has 0 saturated heterocycles. The number of hydrogen-bond donors (Lipinski definition) is 1. The molecule has 0 spiro atoms. The normalized spacial score (nSPS) is 24.4. The molecule has 144 valence electrons. The van der Waals surface area contributed by atoms with Crippen molar-refractivity contribution in [3.05, 3.63) is 65.2 Å². The first-order valence-electron chi connectivity index (χ1n) is 9.03. The number of nitrogens with two attached hydrogens (primary N) is 1. The van der Waals surface area contributed by atoms with Crippen molar-refractivity contribution in [3.8, 4) is 0 Å². The van der Waals surface area contributed by atoms with Crippen LogP contribution in [0.4, 0.5) is 0 Å². The number of rotatable bonds is 6. The van der Waals surface area contributed by atoms with Crippen molar-refractivity contribution in [1.29, 1.82) is 0 Å². The van der Waals surface area contributed by atoms with Crippen LogP contribution < -0.4 is 5.73 Å². The SMILES string of the molecule is CCOC(=O)[C@]1(CN)[C@H](c2ccc(C)cc2)[C@H]1S(=O)(=O)c1ccc(C)cc1. The minimum atomic E-state index is -3.75. The van der Waals surface area contributed by atoms with E-state index >= 15 is 0 Å². The Morgan fingerprint density at radius 1 is 1.04 bits per heavy atom. The highest BCUT2D eigenvalue weighted by Crippen LogP contribution is 2.64. The number of carbonyl (C=O) groups excluding carboxylic acids is 1. The second-order valence-electron chi connectivity index (χ2n) is 7.13. The van der Waals surface area contributed by atoms with Crippen molar-refractivity contribution >= 4 is 15.8 Å². The van der Waals surface area contributed by atoms with E-state index in [1.165, 1.54) is 0 Å². The minimum Gasteiger partial charge on any atom is -0.465 e. The molecule has 1 saturated carbocycles. The lowest BCUT2D eigenvalue weighted by Gasteiger charge is -2.14. The Morgan fingerprint density at radius 2 is 1.56 bits per heavy atom. The molecule has 1 aliphatic rings. The third kappa shape index (κ3) is 3.17. The van der Waals surface area contributed by atoms with Gasteiger partial charge in [0.1, 0.15) is 5.41 Å². The predicted molar refractivity (Wildman–Crippen MR) is 104 cm³/mol. The minimum absolute atomic E-state index is 0.0832. The zero-order valence-corrected chi connectivity index (χ0v) is 16.6. The summed E-state index contributed by atoms with van der Waals surface area (Å²) in [7, 11) is -3.75. The molecule has 0 unspecified atom stereocenters. The van der Waals surface area contributed by atoms with Gasteiger partial charge in [0, 0.05) is 12.5 Å². The topological polar surface area (TPSA) is 86.5 Å². The quantitative estimate of drug-likeness (QED) is 0.770. The third-order valence-corrected chi connectivity index (χ3v) is 7.66. The van der Waals surface area contributed by atoms with E-state index < -0.39 is 32.4 Å². The zero-order chi connectivity index (χ0) is 19.8. The number of hydrogen-bond acceptors (Lipinski definition) is 5. The summed E-state index contributed by atoms with van der Waals surface area (Å²) >= 11 is 0. The Balaban J connectivity index is 2.10. The number of sulfone groups is 1. The van der Waals surface area contributed by atoms with Gasteiger partial charge in [-0.05, 0) is 38.5 Å². The molecule has 3 atom stereocenters. The molecular formula is C21H25NO4S. The standard InChI is InChI=1S/C21H25NO4S/c1-4-26-20(23)21(13-22)18(16-9-5-14(2)6-10-16)19(21)27(24,25)17-11-7-15(3)8-12-17/h5-12,18-19H,4,13,22H2,1-3H3/t18-,19-,21-/m1/s1. The van der Waals surface area contributed by atoms with Gasteiger partial charge in [0.05, 0.1) is 16.8 Å². The van der Waals surface area contributed by atoms with E-state index in [0.717, 1.165) is 16.7 Å². The first-order valence-corrected chi connectivity index (χ1v) is 10.6. The monoisotopic (exact) mass is 387 g/mol. The molecule has 1 aliphatic carbocycles. The second-order valence-corrected chi connectivity index (χ2v) is 9.20. The number of aryl methyl sites for hydroxylation is 2. The van der Waals surface area contributed by atoms with E-state index in [1.807, 2.05) is 38.1 Å². The maximum atomic E-state index is 13.4. The van der Waals surface area contributed by atoms with Crippen LogP contribution in [0.25, 0.3) is 0 Å². The van der Waals surface area contributed by atoms with Gasteiger partial charge in [-0.1, -0.05) is 47.5 Å². The fourth-order valence-corrected chi connectivity index (χ4v) is 6.20. The number of benzene rings is 2. The van der Waals surface area contributed by atoms with Gasteiger partial charge in [-0.2, -0.15) is 0 Å². The molecule has 6 heteroatoms. The van der Waals surface area contributed by atoms with Crippen LogP contribution in [0.1, 0.15) is 29.5 Å². The Hall–Kier alpha value is -2.18. The van der Waals surface area contributed by atoms with Crippen molar-refractivity contribution in [1.82, 2.24) is 0 Å². The lowest BCUT2D eigenvalue weighted by Crippen LogP contribution is -2.33. The second kappa shape index (κ2) is 7.09. The van der Waals surface area contributed by atoms with Crippen LogP contribution in [-0.2, 0) is 19.4 Å². The number of carbonyl (C=O) groups is 1. The third-order valence-electron chi connectivity index (χ3n) is 5.37. The number of esters is 1. The van der Waals surface area contributed by atoms with Gasteiger partial charge in [-0.3, -0.25) is 4.79 Å². The van der Waals surface area contributed by atoms with Gasteiger partial charge >= 0.3 is 5.97 Å². The van der Waals surface area contributed by atoms with Crippen molar-refractivity contribution in [3.63, 3.8) is 0 Å². The Kier molecular flexibility index (Phi) is 5.14. The van der Waals surface area contributed by atoms with E-state index in [4.69, 9.17) is 10.5 Å². The summed E-state index contributed by atoms with van der Waals surface area (Å²) in [6, 6.07) is 14.2. The van der Waals surface area contributed by atoms with Crippen LogP contribution in [0, 0.1) is 19.3 Å². The highest BCUT2D eigenvalue weighted by atomic mass is 32.2. The highest BCUT2D eigenvalue weighted by Gasteiger charge is 2.75. The van der Waals surface area contributed by atoms with Crippen LogP contribution in [0.15, 0.2) is 53.4 Å². The van der Waals surface area contributed by atoms with Crippen LogP contribution in [0.2, 0.25) is 0 Å². The van der Waals surface area contributed by atoms with Crippen molar-refractivity contribution in [2.45, 2.75) is 36.8 Å². The summed E-state index contributed by atoms with van der Waals surface area (Å²) in [5.74, 6) is -1.06. The first-order chi connectivity index (χ1) is 12.8. The Morgan fingerprint density at radius 3 is 2.04 bits per heavy atom. The van der Waals surface area contributed by atoms with Gasteiger partial charge in [0.15, 0.2) is 9.84 Å². The summed E-state index contributed by atoms with van der Waals surface area (Å²) in [6.07, 6.45) is 0. The molecule has 0 amide bonds. The average molecular weight is 388 g/mol. The van der Waals surface area contributed by atoms with Gasteiger partial charge in [0.2, 0.25) is 0 Å². The summed E-state index contributed by atoms with van der Waals surface area (Å²) in [4.78, 5) is 13.0. The molecule has 2 N–H and O–H groups in total. The number of ether oxygens (including phenoxy) is 1. The van der Waals surface area contributed by atoms with E-state index in [0.29, 0.717) is 0 Å². The highest BCUT2D eigenvalue weighted by molar-refractivity contribution is 7.92. The molecule has 27 heavy (non-hydrogen) atoms. The molecule has 0 aliphatic heterocycles. The molecule has 1 fully saturated rings. The van der Waals surface area contributed by atoms with E-state index in [1.54, 1.807) is 31.2 Å². The molecule has 5 nitrogen and oxygen atoms in total. The molecule has 3 rings (SSSR count). The molecule has 0 bridgehead atoms. The summed E-state index contributed by atoms with van der Waals surface area (Å²) in [6.45, 7) is 5.65. The zero-order valence-electron chi connectivity index (χ0n) is 15.8. The molecule has 0 heterocycles. The van der Waals surface area contributed by atoms with Crippen LogP contribution in [0.5, 0.6) is 0 Å². The summed E-state index contributed by atoms with van der Waals surface area (Å²) in [5, 5.41) is -0.931. The molecular weight excluding hydrogens is 362 g/mol. The lowest BCUT2D eigenvalue weighted by molar-refractivity contribution is -0.149. The van der Waals surface area contributed by atoms with E-state index in [2.05, 4.69) is 0 Å². The Bertz CT molecular complexity index is 935. The summed E-state index contributed by atoms with van der Waals surface area (Å²) < 4.78 is 32.0. The van der Waals surface area contributed by atoms with E-state index in [-0.39, 0.29) is 18.0 Å². The van der Waals surface area contributed by atoms with Gasteiger partial charge in [-0.25, -0.2) is 8.42 Å². The largest absolute Gasteiger partial charge is 0.465 e. The summed E-state index contributed by atoms with van der Waals surface area (Å²) in [5.41, 5.74) is 7.55. The first kappa shape index (κ1) is 19.6. The molecule has 2 aromatic rings. The predicted octanol–water partition coefficient (Wildman–Crippen LogP) is 2.75. The van der Waals surface area contributed by atoms with Crippen molar-refractivity contribution in [2.75, 3.05) is 13.2 Å². The smallest absolute Gasteiger partial charge is 0.315 e. The van der Waals surface area contributed by atoms with Crippen LogP contribution >= 0.6 is 0 Å². The maximum absolute atomic E-state index is 13.4. The molecule has 0 radical (unpaired) electrons. The maximum Gasteiger partial charge on any atom is 0.315 e. The molecule has 0 aromatic heterocycles. The lowest BCUT2D eigenvalue weighted by atomic mass is 9.98. The average Bonchev–Trinajstić information content (AvgIpc) is 3.34. The fourth-order valence-electron chi connectivity index (χ4n) is 3.82. The van der Waals surface area contributed by atoms with Gasteiger partial charge < -0.3 is 10.5 Å². The van der Waals surface area contributed by atoms with Crippen molar-refractivity contribution in [2.24, 2.45) is 11.1 Å². The van der Waals surface area contributed by atoms with Gasteiger partial charge in [-0.15, -0.1) is 0 Å². The Labute approximate surface area is 160 Å². The van der Waals surface area contributed by atoms with Gasteiger partial charge in [0.25, 0.3) is 0 Å². The fraction of sp³-hybridized carbons (Fsp3) is 0.381. The van der Waals surface area contributed by atoms with E-state index in [9.17, 15) is 13.2 Å². The van der Waals surface area contributed by atoms with Crippen molar-refractivity contribution < 1.29 is 17.9 Å². The molecule has 2 aromatic carbocycles. The van der Waals surface area contributed by atoms with Crippen LogP contribution in [-0.4, -0.2) is 32.8 Å².